The maximum atomic E-state index is 12.4. The van der Waals surface area contributed by atoms with E-state index in [4.69, 9.17) is 4.74 Å². The van der Waals surface area contributed by atoms with E-state index in [0.717, 1.165) is 29.9 Å². The summed E-state index contributed by atoms with van der Waals surface area (Å²) in [5.74, 6) is 0.882. The average Bonchev–Trinajstić information content (AvgIpc) is 2.64. The molecule has 0 spiro atoms. The second-order valence-corrected chi connectivity index (χ2v) is 5.59. The molecule has 2 aromatic carbocycles. The first-order valence-electron chi connectivity index (χ1n) is 8.46. The lowest BCUT2D eigenvalue weighted by Crippen LogP contribution is -2.28. The number of likely N-dealkylation sites (N-methyl/N-ethyl adjacent to an activating group) is 1. The standard InChI is InChI=1S/C21H25NO2/c1-3-16-24-20-13-10-18(11-14-20)12-15-21(23)22(4-2)17-19-8-6-5-7-9-19/h5-15H,3-4,16-17H2,1-2H3/b15-12+. The van der Waals surface area contributed by atoms with Crippen LogP contribution in [-0.4, -0.2) is 24.0 Å². The molecule has 24 heavy (non-hydrogen) atoms. The van der Waals surface area contributed by atoms with Gasteiger partial charge in [0.2, 0.25) is 5.91 Å². The highest BCUT2D eigenvalue weighted by Crippen LogP contribution is 2.14. The maximum absolute atomic E-state index is 12.4. The lowest BCUT2D eigenvalue weighted by molar-refractivity contribution is -0.126. The highest BCUT2D eigenvalue weighted by Gasteiger charge is 2.08. The van der Waals surface area contributed by atoms with Crippen LogP contribution >= 0.6 is 0 Å². The van der Waals surface area contributed by atoms with Gasteiger partial charge in [-0.3, -0.25) is 4.79 Å². The van der Waals surface area contributed by atoms with Crippen LogP contribution in [0.3, 0.4) is 0 Å². The van der Waals surface area contributed by atoms with E-state index < -0.39 is 0 Å². The number of hydrogen-bond acceptors (Lipinski definition) is 2. The van der Waals surface area contributed by atoms with Gasteiger partial charge in [-0.05, 0) is 42.7 Å². The van der Waals surface area contributed by atoms with Crippen LogP contribution < -0.4 is 4.74 Å². The Morgan fingerprint density at radius 2 is 1.75 bits per heavy atom. The molecule has 0 N–H and O–H groups in total. The molecule has 3 nitrogen and oxygen atoms in total. The van der Waals surface area contributed by atoms with Crippen LogP contribution in [0.5, 0.6) is 5.75 Å². The fraction of sp³-hybridized carbons (Fsp3) is 0.286. The second kappa shape index (κ2) is 9.56. The van der Waals surface area contributed by atoms with E-state index in [1.165, 1.54) is 0 Å². The number of hydrogen-bond donors (Lipinski definition) is 0. The molecular weight excluding hydrogens is 298 g/mol. The molecule has 0 saturated heterocycles. The van der Waals surface area contributed by atoms with Crippen molar-refractivity contribution in [3.63, 3.8) is 0 Å². The van der Waals surface area contributed by atoms with Gasteiger partial charge in [-0.25, -0.2) is 0 Å². The molecule has 126 valence electrons. The van der Waals surface area contributed by atoms with Crippen LogP contribution in [-0.2, 0) is 11.3 Å². The van der Waals surface area contributed by atoms with Gasteiger partial charge < -0.3 is 9.64 Å². The molecule has 0 aliphatic heterocycles. The van der Waals surface area contributed by atoms with Crippen LogP contribution in [0.4, 0.5) is 0 Å². The van der Waals surface area contributed by atoms with Crippen LogP contribution in [0, 0.1) is 0 Å². The van der Waals surface area contributed by atoms with Crippen LogP contribution in [0.25, 0.3) is 6.08 Å². The molecule has 0 unspecified atom stereocenters. The van der Waals surface area contributed by atoms with Gasteiger partial charge in [-0.2, -0.15) is 0 Å². The first-order valence-corrected chi connectivity index (χ1v) is 8.46. The highest BCUT2D eigenvalue weighted by atomic mass is 16.5. The normalized spacial score (nSPS) is 10.8. The molecule has 1 amide bonds. The Bertz CT molecular complexity index is 647. The Labute approximate surface area is 144 Å². The number of carbonyl (C=O) groups excluding carboxylic acids is 1. The zero-order valence-corrected chi connectivity index (χ0v) is 14.4. The van der Waals surface area contributed by atoms with Crippen molar-refractivity contribution in [3.8, 4) is 5.75 Å². The molecule has 0 saturated carbocycles. The quantitative estimate of drug-likeness (QED) is 0.668. The molecule has 0 aromatic heterocycles. The number of amides is 1. The predicted octanol–water partition coefficient (Wildman–Crippen LogP) is 4.54. The van der Waals surface area contributed by atoms with Crippen molar-refractivity contribution in [3.05, 3.63) is 71.8 Å². The Balaban J connectivity index is 1.95. The number of benzene rings is 2. The summed E-state index contributed by atoms with van der Waals surface area (Å²) in [6.07, 6.45) is 4.47. The molecule has 0 atom stereocenters. The van der Waals surface area contributed by atoms with Gasteiger partial charge in [0.15, 0.2) is 0 Å². The molecule has 3 heteroatoms. The van der Waals surface area contributed by atoms with Crippen molar-refractivity contribution in [2.24, 2.45) is 0 Å². The topological polar surface area (TPSA) is 29.5 Å². The summed E-state index contributed by atoms with van der Waals surface area (Å²) >= 11 is 0. The van der Waals surface area contributed by atoms with Gasteiger partial charge in [0.05, 0.1) is 6.61 Å². The third-order valence-corrected chi connectivity index (χ3v) is 3.68. The number of nitrogens with zero attached hydrogens (tertiary/aromatic N) is 1. The average molecular weight is 323 g/mol. The van der Waals surface area contributed by atoms with Gasteiger partial charge in [0.1, 0.15) is 5.75 Å². The zero-order valence-electron chi connectivity index (χ0n) is 14.4. The Morgan fingerprint density at radius 1 is 1.04 bits per heavy atom. The summed E-state index contributed by atoms with van der Waals surface area (Å²) in [7, 11) is 0. The zero-order chi connectivity index (χ0) is 17.2. The Hall–Kier alpha value is -2.55. The van der Waals surface area contributed by atoms with Gasteiger partial charge >= 0.3 is 0 Å². The lowest BCUT2D eigenvalue weighted by Gasteiger charge is -2.19. The van der Waals surface area contributed by atoms with E-state index in [9.17, 15) is 4.79 Å². The molecule has 0 heterocycles. The van der Waals surface area contributed by atoms with Gasteiger partial charge in [-0.1, -0.05) is 49.4 Å². The third-order valence-electron chi connectivity index (χ3n) is 3.68. The molecule has 2 aromatic rings. The number of ether oxygens (including phenoxy) is 1. The minimum Gasteiger partial charge on any atom is -0.494 e. The predicted molar refractivity (Wildman–Crippen MR) is 98.8 cm³/mol. The van der Waals surface area contributed by atoms with E-state index in [0.29, 0.717) is 13.1 Å². The molecule has 0 aliphatic carbocycles. The van der Waals surface area contributed by atoms with Crippen LogP contribution in [0.15, 0.2) is 60.7 Å². The van der Waals surface area contributed by atoms with E-state index in [1.807, 2.05) is 72.5 Å². The van der Waals surface area contributed by atoms with Crippen molar-refractivity contribution in [2.45, 2.75) is 26.8 Å². The summed E-state index contributed by atoms with van der Waals surface area (Å²) in [4.78, 5) is 14.2. The molecule has 2 rings (SSSR count). The lowest BCUT2D eigenvalue weighted by atomic mass is 10.2. The van der Waals surface area contributed by atoms with Gasteiger partial charge in [0.25, 0.3) is 0 Å². The van der Waals surface area contributed by atoms with E-state index in [1.54, 1.807) is 6.08 Å². The van der Waals surface area contributed by atoms with E-state index in [-0.39, 0.29) is 5.91 Å². The molecular formula is C21H25NO2. The first-order chi connectivity index (χ1) is 11.7. The van der Waals surface area contributed by atoms with Crippen molar-refractivity contribution in [1.82, 2.24) is 4.90 Å². The molecule has 0 aliphatic rings. The molecule has 0 radical (unpaired) electrons. The van der Waals surface area contributed by atoms with Crippen molar-refractivity contribution >= 4 is 12.0 Å². The van der Waals surface area contributed by atoms with Crippen molar-refractivity contribution < 1.29 is 9.53 Å². The number of carbonyl (C=O) groups is 1. The highest BCUT2D eigenvalue weighted by molar-refractivity contribution is 5.91. The van der Waals surface area contributed by atoms with Crippen LogP contribution in [0.2, 0.25) is 0 Å². The molecule has 0 fully saturated rings. The van der Waals surface area contributed by atoms with E-state index in [2.05, 4.69) is 6.92 Å². The fourth-order valence-corrected chi connectivity index (χ4v) is 2.32. The second-order valence-electron chi connectivity index (χ2n) is 5.59. The largest absolute Gasteiger partial charge is 0.494 e. The summed E-state index contributed by atoms with van der Waals surface area (Å²) in [6, 6.07) is 17.8. The van der Waals surface area contributed by atoms with Gasteiger partial charge in [0, 0.05) is 19.2 Å². The summed E-state index contributed by atoms with van der Waals surface area (Å²) in [5, 5.41) is 0. The van der Waals surface area contributed by atoms with Crippen LogP contribution in [0.1, 0.15) is 31.4 Å². The summed E-state index contributed by atoms with van der Waals surface area (Å²) < 4.78 is 5.56. The summed E-state index contributed by atoms with van der Waals surface area (Å²) in [5.41, 5.74) is 2.13. The first kappa shape index (κ1) is 17.8. The SMILES string of the molecule is CCCOc1ccc(/C=C/C(=O)N(CC)Cc2ccccc2)cc1. The molecule has 0 bridgehead atoms. The fourth-order valence-electron chi connectivity index (χ4n) is 2.32. The van der Waals surface area contributed by atoms with Crippen molar-refractivity contribution in [1.29, 1.82) is 0 Å². The van der Waals surface area contributed by atoms with E-state index >= 15 is 0 Å². The van der Waals surface area contributed by atoms with Gasteiger partial charge in [-0.15, -0.1) is 0 Å². The summed E-state index contributed by atoms with van der Waals surface area (Å²) in [6.45, 7) is 6.11. The number of rotatable bonds is 8. The smallest absolute Gasteiger partial charge is 0.246 e. The van der Waals surface area contributed by atoms with Crippen molar-refractivity contribution in [2.75, 3.05) is 13.2 Å². The minimum atomic E-state index is 0.0210. The Kier molecular flexibility index (Phi) is 7.09. The monoisotopic (exact) mass is 323 g/mol. The Morgan fingerprint density at radius 3 is 2.38 bits per heavy atom. The maximum Gasteiger partial charge on any atom is 0.246 e. The third kappa shape index (κ3) is 5.58. The minimum absolute atomic E-state index is 0.0210.